The van der Waals surface area contributed by atoms with E-state index in [-0.39, 0.29) is 0 Å². The molecule has 4 heterocycles. The van der Waals surface area contributed by atoms with Crippen molar-refractivity contribution in [2.75, 3.05) is 31.1 Å². The first-order valence-electron chi connectivity index (χ1n) is 9.28. The molecule has 0 bridgehead atoms. The van der Waals surface area contributed by atoms with Gasteiger partial charge < -0.3 is 9.42 Å². The van der Waals surface area contributed by atoms with Crippen molar-refractivity contribution in [2.24, 2.45) is 11.8 Å². The maximum atomic E-state index is 5.27. The second kappa shape index (κ2) is 5.76. The van der Waals surface area contributed by atoms with E-state index in [0.29, 0.717) is 17.7 Å². The number of anilines is 1. The largest absolute Gasteiger partial charge is 0.356 e. The van der Waals surface area contributed by atoms with Gasteiger partial charge in [0.2, 0.25) is 5.89 Å². The Balaban J connectivity index is 1.28. The molecule has 2 aromatic rings. The lowest BCUT2D eigenvalue weighted by Crippen LogP contribution is -2.30. The molecular formula is C18H24N6O. The Kier molecular flexibility index (Phi) is 3.51. The highest BCUT2D eigenvalue weighted by Gasteiger charge is 2.41. The smallest absolute Gasteiger partial charge is 0.240 e. The second-order valence-electron chi connectivity index (χ2n) is 7.73. The van der Waals surface area contributed by atoms with Gasteiger partial charge in [-0.15, -0.1) is 0 Å². The summed E-state index contributed by atoms with van der Waals surface area (Å²) < 4.78 is 5.27. The van der Waals surface area contributed by atoms with Gasteiger partial charge >= 0.3 is 0 Å². The molecule has 2 fully saturated rings. The van der Waals surface area contributed by atoms with Gasteiger partial charge in [-0.2, -0.15) is 4.98 Å². The zero-order chi connectivity index (χ0) is 17.0. The first-order chi connectivity index (χ1) is 12.2. The molecule has 2 saturated heterocycles. The first-order valence-corrected chi connectivity index (χ1v) is 9.28. The minimum atomic E-state index is 0.705. The van der Waals surface area contributed by atoms with E-state index in [1.54, 1.807) is 0 Å². The van der Waals surface area contributed by atoms with Crippen LogP contribution in [0.2, 0.25) is 0 Å². The summed E-state index contributed by atoms with van der Waals surface area (Å²) in [6, 6.07) is 0. The van der Waals surface area contributed by atoms with Gasteiger partial charge in [0, 0.05) is 37.4 Å². The standard InChI is InChI=1S/C18H24N6O/c1-11-19-16-5-3-4-15(16)18(21-11)24-8-13-6-23(7-14(13)9-24)10-17-20-12(2)22-25-17/h13-14H,3-10H2,1-2H3. The number of rotatable bonds is 3. The van der Waals surface area contributed by atoms with Crippen molar-refractivity contribution in [1.82, 2.24) is 25.0 Å². The minimum Gasteiger partial charge on any atom is -0.356 e. The third-order valence-electron chi connectivity index (χ3n) is 5.81. The van der Waals surface area contributed by atoms with E-state index in [1.165, 1.54) is 23.5 Å². The Labute approximate surface area is 147 Å². The molecule has 0 radical (unpaired) electrons. The molecular weight excluding hydrogens is 316 g/mol. The molecule has 132 valence electrons. The molecule has 25 heavy (non-hydrogen) atoms. The fourth-order valence-corrected chi connectivity index (χ4v) is 4.78. The zero-order valence-electron chi connectivity index (χ0n) is 14.9. The van der Waals surface area contributed by atoms with Gasteiger partial charge in [-0.1, -0.05) is 5.16 Å². The van der Waals surface area contributed by atoms with Crippen LogP contribution in [-0.2, 0) is 19.4 Å². The van der Waals surface area contributed by atoms with Crippen LogP contribution in [0.5, 0.6) is 0 Å². The lowest BCUT2D eigenvalue weighted by atomic mass is 10.0. The van der Waals surface area contributed by atoms with E-state index in [9.17, 15) is 0 Å². The monoisotopic (exact) mass is 340 g/mol. The first kappa shape index (κ1) is 15.3. The Bertz CT molecular complexity index is 789. The van der Waals surface area contributed by atoms with Crippen molar-refractivity contribution < 1.29 is 4.52 Å². The summed E-state index contributed by atoms with van der Waals surface area (Å²) >= 11 is 0. The molecule has 2 aliphatic heterocycles. The van der Waals surface area contributed by atoms with Crippen molar-refractivity contribution in [3.8, 4) is 0 Å². The van der Waals surface area contributed by atoms with Crippen LogP contribution in [0.4, 0.5) is 5.82 Å². The summed E-state index contributed by atoms with van der Waals surface area (Å²) in [6.45, 7) is 9.08. The van der Waals surface area contributed by atoms with Crippen LogP contribution < -0.4 is 4.90 Å². The number of aromatic nitrogens is 4. The van der Waals surface area contributed by atoms with E-state index in [1.807, 2.05) is 13.8 Å². The van der Waals surface area contributed by atoms with Gasteiger partial charge in [-0.25, -0.2) is 9.97 Å². The molecule has 2 aromatic heterocycles. The summed E-state index contributed by atoms with van der Waals surface area (Å²) in [7, 11) is 0. The maximum absolute atomic E-state index is 5.27. The number of aryl methyl sites for hydroxylation is 3. The van der Waals surface area contributed by atoms with Crippen LogP contribution in [0.3, 0.4) is 0 Å². The third-order valence-corrected chi connectivity index (χ3v) is 5.81. The summed E-state index contributed by atoms with van der Waals surface area (Å²) in [5, 5.41) is 3.89. The van der Waals surface area contributed by atoms with Gasteiger partial charge in [0.25, 0.3) is 0 Å². The molecule has 3 aliphatic rings. The molecule has 0 amide bonds. The molecule has 5 rings (SSSR count). The topological polar surface area (TPSA) is 71.2 Å². The molecule has 0 N–H and O–H groups in total. The summed E-state index contributed by atoms with van der Waals surface area (Å²) in [5.74, 6) is 4.99. The molecule has 1 aliphatic carbocycles. The Morgan fingerprint density at radius 1 is 0.960 bits per heavy atom. The van der Waals surface area contributed by atoms with Crippen LogP contribution in [0.1, 0.15) is 35.2 Å². The Morgan fingerprint density at radius 3 is 2.48 bits per heavy atom. The molecule has 0 spiro atoms. The van der Waals surface area contributed by atoms with Crippen molar-refractivity contribution >= 4 is 5.82 Å². The van der Waals surface area contributed by atoms with E-state index in [0.717, 1.165) is 57.3 Å². The Morgan fingerprint density at radius 2 is 1.76 bits per heavy atom. The summed E-state index contributed by atoms with van der Waals surface area (Å²) in [5.41, 5.74) is 2.69. The van der Waals surface area contributed by atoms with Gasteiger partial charge in [-0.3, -0.25) is 4.90 Å². The minimum absolute atomic E-state index is 0.705. The quantitative estimate of drug-likeness (QED) is 0.839. The van der Waals surface area contributed by atoms with E-state index < -0.39 is 0 Å². The van der Waals surface area contributed by atoms with E-state index in [4.69, 9.17) is 9.51 Å². The van der Waals surface area contributed by atoms with Crippen LogP contribution in [-0.4, -0.2) is 51.2 Å². The average molecular weight is 340 g/mol. The van der Waals surface area contributed by atoms with Crippen molar-refractivity contribution in [1.29, 1.82) is 0 Å². The summed E-state index contributed by atoms with van der Waals surface area (Å²) in [4.78, 5) is 18.8. The molecule has 2 unspecified atom stereocenters. The van der Waals surface area contributed by atoms with Gasteiger partial charge in [0.05, 0.1) is 6.54 Å². The van der Waals surface area contributed by atoms with Crippen LogP contribution in [0, 0.1) is 25.7 Å². The second-order valence-corrected chi connectivity index (χ2v) is 7.73. The van der Waals surface area contributed by atoms with Crippen LogP contribution >= 0.6 is 0 Å². The number of fused-ring (bicyclic) bond motifs is 2. The van der Waals surface area contributed by atoms with Gasteiger partial charge in [0.1, 0.15) is 11.6 Å². The van der Waals surface area contributed by atoms with Crippen LogP contribution in [0.15, 0.2) is 4.52 Å². The van der Waals surface area contributed by atoms with Crippen molar-refractivity contribution in [2.45, 2.75) is 39.7 Å². The number of nitrogens with zero attached hydrogens (tertiary/aromatic N) is 6. The Hall–Kier alpha value is -2.02. The molecule has 0 aromatic carbocycles. The van der Waals surface area contributed by atoms with Crippen molar-refractivity contribution in [3.63, 3.8) is 0 Å². The normalized spacial score (nSPS) is 25.6. The highest BCUT2D eigenvalue weighted by Crippen LogP contribution is 2.37. The predicted octanol–water partition coefficient (Wildman–Crippen LogP) is 1.53. The molecule has 7 nitrogen and oxygen atoms in total. The zero-order valence-corrected chi connectivity index (χ0v) is 14.9. The molecule has 0 saturated carbocycles. The fourth-order valence-electron chi connectivity index (χ4n) is 4.78. The predicted molar refractivity (Wildman–Crippen MR) is 92.3 cm³/mol. The molecule has 7 heteroatoms. The summed E-state index contributed by atoms with van der Waals surface area (Å²) in [6.07, 6.45) is 3.47. The van der Waals surface area contributed by atoms with E-state index >= 15 is 0 Å². The van der Waals surface area contributed by atoms with Gasteiger partial charge in [0.15, 0.2) is 5.82 Å². The number of hydrogen-bond acceptors (Lipinski definition) is 7. The van der Waals surface area contributed by atoms with E-state index in [2.05, 4.69) is 24.9 Å². The highest BCUT2D eigenvalue weighted by molar-refractivity contribution is 5.52. The number of likely N-dealkylation sites (tertiary alicyclic amines) is 1. The highest BCUT2D eigenvalue weighted by atomic mass is 16.5. The average Bonchev–Trinajstić information content (AvgIpc) is 3.30. The SMILES string of the molecule is Cc1noc(CN2CC3CN(c4nc(C)nc5c4CCC5)CC3C2)n1. The van der Waals surface area contributed by atoms with Crippen LogP contribution in [0.25, 0.3) is 0 Å². The number of hydrogen-bond donors (Lipinski definition) is 0. The van der Waals surface area contributed by atoms with Crippen molar-refractivity contribution in [3.05, 3.63) is 28.8 Å². The fraction of sp³-hybridized carbons (Fsp3) is 0.667. The lowest BCUT2D eigenvalue weighted by molar-refractivity contribution is 0.255. The molecule has 2 atom stereocenters. The van der Waals surface area contributed by atoms with Gasteiger partial charge in [-0.05, 0) is 44.9 Å². The third kappa shape index (κ3) is 2.70. The maximum Gasteiger partial charge on any atom is 0.240 e. The lowest BCUT2D eigenvalue weighted by Gasteiger charge is -2.23.